The van der Waals surface area contributed by atoms with Gasteiger partial charge in [-0.3, -0.25) is 4.98 Å². The number of hydrogen-bond donors (Lipinski definition) is 1. The molecule has 0 aliphatic rings. The summed E-state index contributed by atoms with van der Waals surface area (Å²) in [5.41, 5.74) is 7.08. The second kappa shape index (κ2) is 6.64. The van der Waals surface area contributed by atoms with Crippen molar-refractivity contribution in [2.75, 3.05) is 13.2 Å². The lowest BCUT2D eigenvalue weighted by atomic mass is 9.98. The second-order valence-corrected chi connectivity index (χ2v) is 11.4. The Morgan fingerprint density at radius 1 is 1.37 bits per heavy atom. The van der Waals surface area contributed by atoms with E-state index in [4.69, 9.17) is 10.2 Å². The van der Waals surface area contributed by atoms with Gasteiger partial charge in [0, 0.05) is 19.0 Å². The number of hydrogen-bond acceptors (Lipinski definition) is 3. The number of nitrogens with two attached hydrogens (primary N) is 1. The van der Waals surface area contributed by atoms with E-state index < -0.39 is 8.32 Å². The lowest BCUT2D eigenvalue weighted by Crippen LogP contribution is -2.41. The molecule has 1 atom stereocenters. The van der Waals surface area contributed by atoms with Crippen LogP contribution in [0.15, 0.2) is 24.5 Å². The van der Waals surface area contributed by atoms with Crippen molar-refractivity contribution in [1.29, 1.82) is 0 Å². The fourth-order valence-electron chi connectivity index (χ4n) is 1.71. The first-order chi connectivity index (χ1) is 8.78. The molecule has 0 aliphatic heterocycles. The molecule has 0 fully saturated rings. The van der Waals surface area contributed by atoms with Crippen LogP contribution in [0, 0.1) is 0 Å². The van der Waals surface area contributed by atoms with Crippen LogP contribution in [0.3, 0.4) is 0 Å². The van der Waals surface area contributed by atoms with E-state index in [1.165, 1.54) is 5.56 Å². The summed E-state index contributed by atoms with van der Waals surface area (Å²) in [7, 11) is -1.64. The van der Waals surface area contributed by atoms with E-state index in [9.17, 15) is 0 Å². The van der Waals surface area contributed by atoms with Crippen LogP contribution in [-0.4, -0.2) is 26.5 Å². The topological polar surface area (TPSA) is 48.1 Å². The number of pyridine rings is 1. The quantitative estimate of drug-likeness (QED) is 0.811. The molecule has 0 saturated carbocycles. The number of rotatable bonds is 6. The van der Waals surface area contributed by atoms with E-state index in [0.29, 0.717) is 12.5 Å². The van der Waals surface area contributed by atoms with E-state index in [-0.39, 0.29) is 5.04 Å². The monoisotopic (exact) mass is 280 g/mol. The van der Waals surface area contributed by atoms with Gasteiger partial charge in [-0.2, -0.15) is 0 Å². The zero-order valence-corrected chi connectivity index (χ0v) is 13.9. The highest BCUT2D eigenvalue weighted by Crippen LogP contribution is 2.36. The van der Waals surface area contributed by atoms with Crippen LogP contribution in [0.5, 0.6) is 0 Å². The third kappa shape index (κ3) is 4.71. The summed E-state index contributed by atoms with van der Waals surface area (Å²) in [6.45, 7) is 12.8. The van der Waals surface area contributed by atoms with Crippen molar-refractivity contribution in [3.8, 4) is 0 Å². The fourth-order valence-corrected chi connectivity index (χ4v) is 2.77. The van der Waals surface area contributed by atoms with Gasteiger partial charge in [0.05, 0.1) is 0 Å². The highest BCUT2D eigenvalue weighted by molar-refractivity contribution is 6.74. The summed E-state index contributed by atoms with van der Waals surface area (Å²) in [5, 5.41) is 0.263. The Labute approximate surface area is 118 Å². The van der Waals surface area contributed by atoms with Crippen LogP contribution in [0.2, 0.25) is 18.1 Å². The van der Waals surface area contributed by atoms with Gasteiger partial charge in [-0.05, 0) is 48.6 Å². The minimum atomic E-state index is -1.64. The van der Waals surface area contributed by atoms with Crippen LogP contribution >= 0.6 is 0 Å². The molecule has 0 saturated heterocycles. The molecule has 108 valence electrons. The first kappa shape index (κ1) is 16.3. The lowest BCUT2D eigenvalue weighted by Gasteiger charge is -2.36. The highest BCUT2D eigenvalue weighted by Gasteiger charge is 2.36. The Bertz CT molecular complexity index is 373. The molecule has 19 heavy (non-hydrogen) atoms. The van der Waals surface area contributed by atoms with E-state index in [2.05, 4.69) is 44.9 Å². The van der Waals surface area contributed by atoms with Crippen molar-refractivity contribution in [2.24, 2.45) is 5.73 Å². The van der Waals surface area contributed by atoms with E-state index >= 15 is 0 Å². The highest BCUT2D eigenvalue weighted by atomic mass is 28.4. The van der Waals surface area contributed by atoms with Gasteiger partial charge in [0.15, 0.2) is 8.32 Å². The molecule has 2 N–H and O–H groups in total. The molecule has 0 spiro atoms. The molecular weight excluding hydrogens is 252 g/mol. The maximum atomic E-state index is 6.21. The summed E-state index contributed by atoms with van der Waals surface area (Å²) >= 11 is 0. The molecule has 0 radical (unpaired) electrons. The van der Waals surface area contributed by atoms with E-state index in [1.54, 1.807) is 6.20 Å². The van der Waals surface area contributed by atoms with Gasteiger partial charge in [-0.1, -0.05) is 26.8 Å². The summed E-state index contributed by atoms with van der Waals surface area (Å²) in [6, 6.07) is 4.06. The molecule has 3 nitrogen and oxygen atoms in total. The predicted molar refractivity (Wildman–Crippen MR) is 83.8 cm³/mol. The Morgan fingerprint density at radius 3 is 2.53 bits per heavy atom. The molecule has 0 aromatic carbocycles. The van der Waals surface area contributed by atoms with Crippen LogP contribution in [0.25, 0.3) is 0 Å². The van der Waals surface area contributed by atoms with Crippen LogP contribution in [0.4, 0.5) is 0 Å². The van der Waals surface area contributed by atoms with Crippen molar-refractivity contribution in [2.45, 2.75) is 51.2 Å². The maximum absolute atomic E-state index is 6.21. The molecule has 0 aliphatic carbocycles. The zero-order chi connectivity index (χ0) is 14.5. The molecule has 1 rings (SSSR count). The second-order valence-electron chi connectivity index (χ2n) is 6.62. The first-order valence-corrected chi connectivity index (χ1v) is 9.92. The molecule has 1 aromatic rings. The molecule has 1 heterocycles. The minimum Gasteiger partial charge on any atom is -0.417 e. The smallest absolute Gasteiger partial charge is 0.191 e. The average Bonchev–Trinajstić information content (AvgIpc) is 2.34. The minimum absolute atomic E-state index is 0.263. The SMILES string of the molecule is CC(C)(C)[Si](C)(C)OCCC(CN)c1cccnc1. The van der Waals surface area contributed by atoms with Gasteiger partial charge in [0.2, 0.25) is 0 Å². The Hall–Kier alpha value is -0.713. The third-order valence-corrected chi connectivity index (χ3v) is 8.71. The van der Waals surface area contributed by atoms with Gasteiger partial charge in [-0.15, -0.1) is 0 Å². The molecule has 4 heteroatoms. The molecule has 1 aromatic heterocycles. The number of nitrogens with zero attached hydrogens (tertiary/aromatic N) is 1. The first-order valence-electron chi connectivity index (χ1n) is 7.02. The predicted octanol–water partition coefficient (Wildman–Crippen LogP) is 3.54. The third-order valence-electron chi connectivity index (χ3n) is 4.18. The average molecular weight is 280 g/mol. The van der Waals surface area contributed by atoms with Gasteiger partial charge in [0.1, 0.15) is 0 Å². The molecule has 1 unspecified atom stereocenters. The fraction of sp³-hybridized carbons (Fsp3) is 0.667. The van der Waals surface area contributed by atoms with Crippen molar-refractivity contribution in [3.63, 3.8) is 0 Å². The van der Waals surface area contributed by atoms with Crippen molar-refractivity contribution in [1.82, 2.24) is 4.98 Å². The zero-order valence-electron chi connectivity index (χ0n) is 12.9. The summed E-state index contributed by atoms with van der Waals surface area (Å²) in [4.78, 5) is 4.16. The summed E-state index contributed by atoms with van der Waals surface area (Å²) in [5.74, 6) is 0.346. The maximum Gasteiger partial charge on any atom is 0.191 e. The van der Waals surface area contributed by atoms with Crippen molar-refractivity contribution < 1.29 is 4.43 Å². The van der Waals surface area contributed by atoms with Crippen molar-refractivity contribution >= 4 is 8.32 Å². The Balaban J connectivity index is 2.52. The Kier molecular flexibility index (Phi) is 5.71. The lowest BCUT2D eigenvalue weighted by molar-refractivity contribution is 0.272. The van der Waals surface area contributed by atoms with Crippen LogP contribution in [-0.2, 0) is 4.43 Å². The van der Waals surface area contributed by atoms with Crippen molar-refractivity contribution in [3.05, 3.63) is 30.1 Å². The normalized spacial score (nSPS) is 14.4. The van der Waals surface area contributed by atoms with Crippen LogP contribution < -0.4 is 5.73 Å². The molecule has 0 bridgehead atoms. The van der Waals surface area contributed by atoms with Gasteiger partial charge in [0.25, 0.3) is 0 Å². The standard InChI is InChI=1S/C15H28N2OSi/c1-15(2,3)19(4,5)18-10-8-13(11-16)14-7-6-9-17-12-14/h6-7,9,12-13H,8,10-11,16H2,1-5H3. The van der Waals surface area contributed by atoms with Gasteiger partial charge < -0.3 is 10.2 Å². The summed E-state index contributed by atoms with van der Waals surface area (Å²) < 4.78 is 6.21. The summed E-state index contributed by atoms with van der Waals surface area (Å²) in [6.07, 6.45) is 4.67. The van der Waals surface area contributed by atoms with Crippen LogP contribution in [0.1, 0.15) is 38.7 Å². The molecular formula is C15H28N2OSi. The Morgan fingerprint density at radius 2 is 2.05 bits per heavy atom. The van der Waals surface area contributed by atoms with E-state index in [1.807, 2.05) is 12.3 Å². The van der Waals surface area contributed by atoms with Gasteiger partial charge >= 0.3 is 0 Å². The largest absolute Gasteiger partial charge is 0.417 e. The van der Waals surface area contributed by atoms with E-state index in [0.717, 1.165) is 13.0 Å². The molecule has 0 amide bonds. The number of aromatic nitrogens is 1. The van der Waals surface area contributed by atoms with Gasteiger partial charge in [-0.25, -0.2) is 0 Å².